The molecule has 0 aliphatic heterocycles. The van der Waals surface area contributed by atoms with Crippen molar-refractivity contribution in [2.75, 3.05) is 6.61 Å². The number of ether oxygens (including phenoxy) is 2. The molecule has 134 valence electrons. The molecule has 0 radical (unpaired) electrons. The van der Waals surface area contributed by atoms with Crippen molar-refractivity contribution in [1.29, 1.82) is 0 Å². The van der Waals surface area contributed by atoms with E-state index in [4.69, 9.17) is 9.47 Å². The monoisotopic (exact) mass is 334 g/mol. The highest BCUT2D eigenvalue weighted by molar-refractivity contribution is 6.03. The Kier molecular flexibility index (Phi) is 7.46. The molecule has 1 rings (SSSR count). The van der Waals surface area contributed by atoms with Crippen LogP contribution < -0.4 is 0 Å². The van der Waals surface area contributed by atoms with Crippen LogP contribution in [-0.4, -0.2) is 24.6 Å². The van der Waals surface area contributed by atoms with Crippen molar-refractivity contribution < 1.29 is 19.1 Å². The van der Waals surface area contributed by atoms with Crippen LogP contribution in [0.1, 0.15) is 75.1 Å². The summed E-state index contributed by atoms with van der Waals surface area (Å²) in [5.41, 5.74) is 0.345. The second kappa shape index (κ2) is 8.86. The van der Waals surface area contributed by atoms with Gasteiger partial charge in [-0.05, 0) is 43.2 Å². The number of esters is 2. The molecule has 0 aliphatic rings. The maximum Gasteiger partial charge on any atom is 0.339 e. The quantitative estimate of drug-likeness (QED) is 0.527. The number of rotatable bonds is 7. The molecule has 1 atom stereocenters. The fourth-order valence-electron chi connectivity index (χ4n) is 1.97. The molecule has 0 N–H and O–H groups in total. The summed E-state index contributed by atoms with van der Waals surface area (Å²) in [6.07, 6.45) is 1.55. The Labute approximate surface area is 145 Å². The molecule has 0 spiro atoms. The second-order valence-corrected chi connectivity index (χ2v) is 7.63. The Hall–Kier alpha value is -1.84. The molecular formula is C20H30O4. The molecule has 1 aromatic carbocycles. The SMILES string of the molecule is CC(C)CCCOC(=O)c1ccccc1C(=O)OC(C)C(C)(C)C. The first-order valence-electron chi connectivity index (χ1n) is 8.60. The van der Waals surface area contributed by atoms with Crippen molar-refractivity contribution >= 4 is 11.9 Å². The van der Waals surface area contributed by atoms with Crippen molar-refractivity contribution in [2.24, 2.45) is 11.3 Å². The molecule has 1 unspecified atom stereocenters. The van der Waals surface area contributed by atoms with Gasteiger partial charge in [-0.15, -0.1) is 0 Å². The fourth-order valence-corrected chi connectivity index (χ4v) is 1.97. The number of hydrogen-bond acceptors (Lipinski definition) is 4. The Morgan fingerprint density at radius 3 is 2.04 bits per heavy atom. The predicted molar refractivity (Wildman–Crippen MR) is 95.1 cm³/mol. The highest BCUT2D eigenvalue weighted by atomic mass is 16.5. The molecule has 1 aromatic rings. The average molecular weight is 334 g/mol. The van der Waals surface area contributed by atoms with E-state index < -0.39 is 11.9 Å². The molecular weight excluding hydrogens is 304 g/mol. The van der Waals surface area contributed by atoms with Gasteiger partial charge in [0.2, 0.25) is 0 Å². The summed E-state index contributed by atoms with van der Waals surface area (Å²) in [6, 6.07) is 6.63. The van der Waals surface area contributed by atoms with Crippen molar-refractivity contribution in [3.63, 3.8) is 0 Å². The molecule has 0 heterocycles. The normalized spacial score (nSPS) is 12.8. The molecule has 4 nitrogen and oxygen atoms in total. The third-order valence-electron chi connectivity index (χ3n) is 4.03. The second-order valence-electron chi connectivity index (χ2n) is 7.63. The van der Waals surface area contributed by atoms with Crippen LogP contribution in [0.2, 0.25) is 0 Å². The van der Waals surface area contributed by atoms with Crippen LogP contribution in [0.5, 0.6) is 0 Å². The minimum Gasteiger partial charge on any atom is -0.462 e. The lowest BCUT2D eigenvalue weighted by Gasteiger charge is -2.27. The molecule has 0 amide bonds. The molecule has 0 saturated carbocycles. The third kappa shape index (κ3) is 6.34. The minimum absolute atomic E-state index is 0.165. The van der Waals surface area contributed by atoms with E-state index in [0.717, 1.165) is 12.8 Å². The first kappa shape index (κ1) is 20.2. The summed E-state index contributed by atoms with van der Waals surface area (Å²) in [7, 11) is 0. The van der Waals surface area contributed by atoms with Gasteiger partial charge in [-0.3, -0.25) is 0 Å². The summed E-state index contributed by atoms with van der Waals surface area (Å²) in [5.74, 6) is -0.397. The molecule has 0 bridgehead atoms. The van der Waals surface area contributed by atoms with Gasteiger partial charge in [0.25, 0.3) is 0 Å². The number of hydrogen-bond donors (Lipinski definition) is 0. The molecule has 24 heavy (non-hydrogen) atoms. The zero-order valence-corrected chi connectivity index (χ0v) is 15.7. The van der Waals surface area contributed by atoms with Gasteiger partial charge in [-0.25, -0.2) is 9.59 Å². The number of carbonyl (C=O) groups is 2. The van der Waals surface area contributed by atoms with Crippen LogP contribution in [0.4, 0.5) is 0 Å². The lowest BCUT2D eigenvalue weighted by atomic mass is 9.90. The first-order chi connectivity index (χ1) is 11.1. The predicted octanol–water partition coefficient (Wildman–Crippen LogP) is 4.87. The maximum absolute atomic E-state index is 12.4. The zero-order valence-electron chi connectivity index (χ0n) is 15.7. The highest BCUT2D eigenvalue weighted by Gasteiger charge is 2.26. The largest absolute Gasteiger partial charge is 0.462 e. The summed E-state index contributed by atoms with van der Waals surface area (Å²) >= 11 is 0. The fraction of sp³-hybridized carbons (Fsp3) is 0.600. The van der Waals surface area contributed by atoms with E-state index in [1.54, 1.807) is 24.3 Å². The van der Waals surface area contributed by atoms with Gasteiger partial charge in [0.05, 0.1) is 17.7 Å². The van der Waals surface area contributed by atoms with Crippen LogP contribution in [0.15, 0.2) is 24.3 Å². The summed E-state index contributed by atoms with van der Waals surface area (Å²) in [6.45, 7) is 12.5. The Morgan fingerprint density at radius 1 is 1.00 bits per heavy atom. The van der Waals surface area contributed by atoms with Crippen LogP contribution in [0, 0.1) is 11.3 Å². The zero-order chi connectivity index (χ0) is 18.3. The van der Waals surface area contributed by atoms with Crippen LogP contribution >= 0.6 is 0 Å². The molecule has 0 saturated heterocycles. The summed E-state index contributed by atoms with van der Waals surface area (Å²) < 4.78 is 10.8. The van der Waals surface area contributed by atoms with E-state index in [9.17, 15) is 9.59 Å². The van der Waals surface area contributed by atoms with E-state index in [1.807, 2.05) is 27.7 Å². The summed E-state index contributed by atoms with van der Waals surface area (Å²) in [4.78, 5) is 24.7. The van der Waals surface area contributed by atoms with E-state index in [2.05, 4.69) is 13.8 Å². The third-order valence-corrected chi connectivity index (χ3v) is 4.03. The van der Waals surface area contributed by atoms with E-state index >= 15 is 0 Å². The van der Waals surface area contributed by atoms with Crippen molar-refractivity contribution in [1.82, 2.24) is 0 Å². The van der Waals surface area contributed by atoms with Crippen molar-refractivity contribution in [2.45, 2.75) is 60.5 Å². The smallest absolute Gasteiger partial charge is 0.339 e. The Bertz CT molecular complexity index is 555. The number of carbonyl (C=O) groups excluding carboxylic acids is 2. The van der Waals surface area contributed by atoms with Gasteiger partial charge in [-0.2, -0.15) is 0 Å². The Balaban J connectivity index is 2.77. The van der Waals surface area contributed by atoms with Crippen molar-refractivity contribution in [3.8, 4) is 0 Å². The van der Waals surface area contributed by atoms with Crippen molar-refractivity contribution in [3.05, 3.63) is 35.4 Å². The molecule has 0 aromatic heterocycles. The van der Waals surface area contributed by atoms with Crippen LogP contribution in [0.3, 0.4) is 0 Å². The minimum atomic E-state index is -0.493. The Morgan fingerprint density at radius 2 is 1.54 bits per heavy atom. The van der Waals surface area contributed by atoms with Crippen LogP contribution in [0.25, 0.3) is 0 Å². The van der Waals surface area contributed by atoms with Gasteiger partial charge in [0.15, 0.2) is 0 Å². The first-order valence-corrected chi connectivity index (χ1v) is 8.60. The number of benzene rings is 1. The van der Waals surface area contributed by atoms with Gasteiger partial charge in [0, 0.05) is 0 Å². The van der Waals surface area contributed by atoms with E-state index in [1.165, 1.54) is 0 Å². The average Bonchev–Trinajstić information content (AvgIpc) is 2.50. The van der Waals surface area contributed by atoms with Gasteiger partial charge >= 0.3 is 11.9 Å². The summed E-state index contributed by atoms with van der Waals surface area (Å²) in [5, 5.41) is 0. The lowest BCUT2D eigenvalue weighted by molar-refractivity contribution is 0.00437. The highest BCUT2D eigenvalue weighted by Crippen LogP contribution is 2.23. The maximum atomic E-state index is 12.4. The lowest BCUT2D eigenvalue weighted by Crippen LogP contribution is -2.29. The molecule has 0 aliphatic carbocycles. The standard InChI is InChI=1S/C20H30O4/c1-14(2)10-9-13-23-18(21)16-11-7-8-12-17(16)19(22)24-15(3)20(4,5)6/h7-8,11-12,14-15H,9-10,13H2,1-6H3. The topological polar surface area (TPSA) is 52.6 Å². The van der Waals surface area contributed by atoms with E-state index in [0.29, 0.717) is 12.5 Å². The van der Waals surface area contributed by atoms with Gasteiger partial charge in [-0.1, -0.05) is 46.8 Å². The molecule has 4 heteroatoms. The van der Waals surface area contributed by atoms with E-state index in [-0.39, 0.29) is 22.6 Å². The van der Waals surface area contributed by atoms with Gasteiger partial charge in [0.1, 0.15) is 6.10 Å². The van der Waals surface area contributed by atoms with Gasteiger partial charge < -0.3 is 9.47 Å². The molecule has 0 fully saturated rings. The van der Waals surface area contributed by atoms with Crippen LogP contribution in [-0.2, 0) is 9.47 Å².